The Kier molecular flexibility index (Phi) is 4.05. The summed E-state index contributed by atoms with van der Waals surface area (Å²) in [6.07, 6.45) is 2.26. The summed E-state index contributed by atoms with van der Waals surface area (Å²) in [6, 6.07) is 8.49. The molecular formula is C18H25NO2. The second-order valence-electron chi connectivity index (χ2n) is 6.61. The number of hydrogen-bond donors (Lipinski definition) is 1. The molecule has 1 fully saturated rings. The van der Waals surface area contributed by atoms with Gasteiger partial charge in [-0.1, -0.05) is 25.1 Å². The predicted octanol–water partition coefficient (Wildman–Crippen LogP) is 4.21. The minimum atomic E-state index is 0.233. The van der Waals surface area contributed by atoms with Crippen LogP contribution < -0.4 is 5.32 Å². The number of furan rings is 1. The fourth-order valence-corrected chi connectivity index (χ4v) is 3.14. The Morgan fingerprint density at radius 2 is 1.95 bits per heavy atom. The molecule has 0 saturated carbocycles. The fraction of sp³-hybridized carbons (Fsp3) is 0.556. The zero-order valence-corrected chi connectivity index (χ0v) is 13.2. The molecule has 0 aliphatic carbocycles. The third-order valence-corrected chi connectivity index (χ3v) is 4.81. The smallest absolute Gasteiger partial charge is 0.134 e. The van der Waals surface area contributed by atoms with Crippen molar-refractivity contribution in [2.75, 3.05) is 19.8 Å². The van der Waals surface area contributed by atoms with Crippen LogP contribution in [0.2, 0.25) is 0 Å². The maximum atomic E-state index is 6.05. The molecule has 2 aromatic rings. The number of benzene rings is 1. The molecule has 1 atom stereocenters. The predicted molar refractivity (Wildman–Crippen MR) is 85.5 cm³/mol. The van der Waals surface area contributed by atoms with Gasteiger partial charge in [-0.2, -0.15) is 0 Å². The highest BCUT2D eigenvalue weighted by Crippen LogP contribution is 2.32. The summed E-state index contributed by atoms with van der Waals surface area (Å²) in [7, 11) is 0. The van der Waals surface area contributed by atoms with Gasteiger partial charge in [-0.3, -0.25) is 0 Å². The van der Waals surface area contributed by atoms with Crippen molar-refractivity contribution >= 4 is 11.0 Å². The number of fused-ring (bicyclic) bond motifs is 1. The van der Waals surface area contributed by atoms with E-state index < -0.39 is 0 Å². The molecule has 0 bridgehead atoms. The normalized spacial score (nSPS) is 19.8. The molecule has 3 nitrogen and oxygen atoms in total. The molecule has 1 aliphatic rings. The van der Waals surface area contributed by atoms with Crippen molar-refractivity contribution in [3.05, 3.63) is 35.6 Å². The molecule has 21 heavy (non-hydrogen) atoms. The largest absolute Gasteiger partial charge is 0.459 e. The summed E-state index contributed by atoms with van der Waals surface area (Å²) < 4.78 is 11.5. The molecule has 2 heterocycles. The van der Waals surface area contributed by atoms with E-state index in [-0.39, 0.29) is 6.04 Å². The molecule has 114 valence electrons. The van der Waals surface area contributed by atoms with Gasteiger partial charge in [-0.25, -0.2) is 0 Å². The standard InChI is InChI=1S/C18H25NO2/c1-13-15-6-4-5-7-16(15)21-17(13)14(2)19-12-18(3)8-10-20-11-9-18/h4-7,14,19H,8-12H2,1-3H3. The van der Waals surface area contributed by atoms with Gasteiger partial charge >= 0.3 is 0 Å². The second kappa shape index (κ2) is 5.82. The molecule has 1 aromatic heterocycles. The highest BCUT2D eigenvalue weighted by Gasteiger charge is 2.28. The summed E-state index contributed by atoms with van der Waals surface area (Å²) in [4.78, 5) is 0. The Morgan fingerprint density at radius 1 is 1.24 bits per heavy atom. The van der Waals surface area contributed by atoms with Crippen molar-refractivity contribution in [2.45, 2.75) is 39.7 Å². The van der Waals surface area contributed by atoms with Crippen LogP contribution in [0, 0.1) is 12.3 Å². The molecular weight excluding hydrogens is 262 g/mol. The van der Waals surface area contributed by atoms with Crippen LogP contribution in [0.5, 0.6) is 0 Å². The molecule has 3 rings (SSSR count). The van der Waals surface area contributed by atoms with E-state index in [4.69, 9.17) is 9.15 Å². The van der Waals surface area contributed by atoms with Crippen LogP contribution >= 0.6 is 0 Å². The average Bonchev–Trinajstić information content (AvgIpc) is 2.84. The van der Waals surface area contributed by atoms with Gasteiger partial charge in [0.2, 0.25) is 0 Å². The van der Waals surface area contributed by atoms with E-state index in [2.05, 4.69) is 38.2 Å². The van der Waals surface area contributed by atoms with Gasteiger partial charge in [0.25, 0.3) is 0 Å². The first-order chi connectivity index (χ1) is 10.1. The van der Waals surface area contributed by atoms with E-state index in [9.17, 15) is 0 Å². The zero-order chi connectivity index (χ0) is 14.9. The SMILES string of the molecule is Cc1c(C(C)NCC2(C)CCOCC2)oc2ccccc12. The van der Waals surface area contributed by atoms with Crippen LogP contribution in [0.4, 0.5) is 0 Å². The first-order valence-corrected chi connectivity index (χ1v) is 7.88. The number of aryl methyl sites for hydroxylation is 1. The molecule has 0 radical (unpaired) electrons. The van der Waals surface area contributed by atoms with E-state index in [1.807, 2.05) is 12.1 Å². The van der Waals surface area contributed by atoms with Crippen LogP contribution in [-0.2, 0) is 4.74 Å². The number of ether oxygens (including phenoxy) is 1. The third-order valence-electron chi connectivity index (χ3n) is 4.81. The average molecular weight is 287 g/mol. The highest BCUT2D eigenvalue weighted by molar-refractivity contribution is 5.82. The molecule has 1 unspecified atom stereocenters. The lowest BCUT2D eigenvalue weighted by atomic mass is 9.82. The molecule has 3 heteroatoms. The van der Waals surface area contributed by atoms with Crippen molar-refractivity contribution in [3.63, 3.8) is 0 Å². The first kappa shape index (κ1) is 14.6. The Labute approximate surface area is 126 Å². The summed E-state index contributed by atoms with van der Waals surface area (Å²) in [6.45, 7) is 9.46. The van der Waals surface area contributed by atoms with Crippen molar-refractivity contribution < 1.29 is 9.15 Å². The zero-order valence-electron chi connectivity index (χ0n) is 13.2. The quantitative estimate of drug-likeness (QED) is 0.914. The van der Waals surface area contributed by atoms with E-state index in [0.29, 0.717) is 5.41 Å². The third kappa shape index (κ3) is 2.99. The van der Waals surface area contributed by atoms with Gasteiger partial charge in [0.05, 0.1) is 6.04 Å². The lowest BCUT2D eigenvalue weighted by Crippen LogP contribution is -2.37. The molecule has 0 amide bonds. The topological polar surface area (TPSA) is 34.4 Å². The van der Waals surface area contributed by atoms with E-state index in [1.165, 1.54) is 10.9 Å². The summed E-state index contributed by atoms with van der Waals surface area (Å²) in [5, 5.41) is 4.88. The van der Waals surface area contributed by atoms with Gasteiger partial charge in [-0.15, -0.1) is 0 Å². The van der Waals surface area contributed by atoms with E-state index >= 15 is 0 Å². The van der Waals surface area contributed by atoms with Crippen molar-refractivity contribution in [3.8, 4) is 0 Å². The van der Waals surface area contributed by atoms with Crippen LogP contribution in [0.3, 0.4) is 0 Å². The highest BCUT2D eigenvalue weighted by atomic mass is 16.5. The number of nitrogens with one attached hydrogen (secondary N) is 1. The summed E-state index contributed by atoms with van der Waals surface area (Å²) >= 11 is 0. The lowest BCUT2D eigenvalue weighted by Gasteiger charge is -2.34. The Morgan fingerprint density at radius 3 is 2.67 bits per heavy atom. The molecule has 1 aliphatic heterocycles. The Hall–Kier alpha value is -1.32. The number of hydrogen-bond acceptors (Lipinski definition) is 3. The van der Waals surface area contributed by atoms with Crippen molar-refractivity contribution in [1.29, 1.82) is 0 Å². The maximum Gasteiger partial charge on any atom is 0.134 e. The fourth-order valence-electron chi connectivity index (χ4n) is 3.14. The van der Waals surface area contributed by atoms with Crippen LogP contribution in [0.1, 0.15) is 44.1 Å². The van der Waals surface area contributed by atoms with E-state index in [1.54, 1.807) is 0 Å². The van der Waals surface area contributed by atoms with Gasteiger partial charge in [0.1, 0.15) is 11.3 Å². The second-order valence-corrected chi connectivity index (χ2v) is 6.61. The monoisotopic (exact) mass is 287 g/mol. The van der Waals surface area contributed by atoms with Gasteiger partial charge in [-0.05, 0) is 43.7 Å². The van der Waals surface area contributed by atoms with Gasteiger partial charge in [0.15, 0.2) is 0 Å². The Balaban J connectivity index is 1.72. The van der Waals surface area contributed by atoms with Crippen molar-refractivity contribution in [1.82, 2.24) is 5.32 Å². The minimum Gasteiger partial charge on any atom is -0.459 e. The minimum absolute atomic E-state index is 0.233. The van der Waals surface area contributed by atoms with Crippen LogP contribution in [0.15, 0.2) is 28.7 Å². The maximum absolute atomic E-state index is 6.05. The number of rotatable bonds is 4. The van der Waals surface area contributed by atoms with Crippen LogP contribution in [-0.4, -0.2) is 19.8 Å². The molecule has 1 saturated heterocycles. The Bertz CT molecular complexity index is 611. The molecule has 1 N–H and O–H groups in total. The molecule has 0 spiro atoms. The van der Waals surface area contributed by atoms with E-state index in [0.717, 1.165) is 43.9 Å². The summed E-state index contributed by atoms with van der Waals surface area (Å²) in [5.74, 6) is 1.06. The van der Waals surface area contributed by atoms with Crippen molar-refractivity contribution in [2.24, 2.45) is 5.41 Å². The van der Waals surface area contributed by atoms with Gasteiger partial charge in [0, 0.05) is 25.1 Å². The number of para-hydroxylation sites is 1. The molecule has 1 aromatic carbocycles. The first-order valence-electron chi connectivity index (χ1n) is 7.88. The van der Waals surface area contributed by atoms with Crippen LogP contribution in [0.25, 0.3) is 11.0 Å². The van der Waals surface area contributed by atoms with Gasteiger partial charge < -0.3 is 14.5 Å². The lowest BCUT2D eigenvalue weighted by molar-refractivity contribution is 0.0228. The summed E-state index contributed by atoms with van der Waals surface area (Å²) in [5.41, 5.74) is 2.57.